The molecule has 1 aromatic carbocycles. The molecule has 0 saturated heterocycles. The number of likely N-dealkylation sites (N-methyl/N-ethyl adjacent to an activating group) is 1. The van der Waals surface area contributed by atoms with Gasteiger partial charge in [-0.1, -0.05) is 6.92 Å². The third-order valence-electron chi connectivity index (χ3n) is 4.37. The first-order valence-electron chi connectivity index (χ1n) is 8.51. The predicted molar refractivity (Wildman–Crippen MR) is 100.0 cm³/mol. The van der Waals surface area contributed by atoms with Gasteiger partial charge in [0.15, 0.2) is 0 Å². The van der Waals surface area contributed by atoms with Gasteiger partial charge >= 0.3 is 0 Å². The van der Waals surface area contributed by atoms with Crippen molar-refractivity contribution in [2.24, 2.45) is 5.92 Å². The third kappa shape index (κ3) is 4.87. The Labute approximate surface area is 154 Å². The van der Waals surface area contributed by atoms with Gasteiger partial charge in [0, 0.05) is 24.7 Å². The number of hydrogen-bond acceptors (Lipinski definition) is 6. The molecule has 3 N–H and O–H groups in total. The molecule has 0 aromatic heterocycles. The molecule has 1 aromatic rings. The number of amides is 1. The normalized spacial score (nSPS) is 22.0. The van der Waals surface area contributed by atoms with E-state index in [1.165, 1.54) is 6.07 Å². The van der Waals surface area contributed by atoms with E-state index in [2.05, 4.69) is 10.0 Å². The second-order valence-corrected chi connectivity index (χ2v) is 8.51. The molecule has 0 aliphatic carbocycles. The molecule has 2 rings (SSSR count). The van der Waals surface area contributed by atoms with Gasteiger partial charge in [0.05, 0.1) is 24.5 Å². The maximum atomic E-state index is 13.1. The predicted octanol–water partition coefficient (Wildman–Crippen LogP) is 0.498. The molecule has 1 aliphatic heterocycles. The summed E-state index contributed by atoms with van der Waals surface area (Å²) in [5.41, 5.74) is 0.561. The lowest BCUT2D eigenvalue weighted by molar-refractivity contribution is 0.0416. The van der Waals surface area contributed by atoms with Crippen LogP contribution in [0.5, 0.6) is 5.75 Å². The van der Waals surface area contributed by atoms with Crippen LogP contribution in [-0.4, -0.2) is 69.5 Å². The van der Waals surface area contributed by atoms with Crippen LogP contribution in [0.3, 0.4) is 0 Å². The Morgan fingerprint density at radius 3 is 2.69 bits per heavy atom. The lowest BCUT2D eigenvalue weighted by Crippen LogP contribution is -2.49. The fourth-order valence-corrected chi connectivity index (χ4v) is 3.50. The number of sulfonamides is 1. The van der Waals surface area contributed by atoms with E-state index in [1.807, 2.05) is 14.0 Å². The maximum Gasteiger partial charge on any atom is 0.258 e. The lowest BCUT2D eigenvalue weighted by Gasteiger charge is -2.37. The number of carbonyl (C=O) groups excluding carboxylic acids is 1. The van der Waals surface area contributed by atoms with Crippen molar-refractivity contribution in [1.82, 2.24) is 10.2 Å². The first-order chi connectivity index (χ1) is 12.2. The Balaban J connectivity index is 2.50. The van der Waals surface area contributed by atoms with E-state index in [4.69, 9.17) is 4.74 Å². The molecule has 3 atom stereocenters. The van der Waals surface area contributed by atoms with Gasteiger partial charge in [0.1, 0.15) is 11.9 Å². The summed E-state index contributed by atoms with van der Waals surface area (Å²) in [5, 5.41) is 12.6. The van der Waals surface area contributed by atoms with Crippen molar-refractivity contribution < 1.29 is 23.1 Å². The molecular weight excluding hydrogens is 358 g/mol. The van der Waals surface area contributed by atoms with Gasteiger partial charge in [0.2, 0.25) is 10.0 Å². The summed E-state index contributed by atoms with van der Waals surface area (Å²) in [7, 11) is -1.64. The molecule has 146 valence electrons. The number of aliphatic hydroxyl groups is 1. The van der Waals surface area contributed by atoms with E-state index in [-0.39, 0.29) is 36.1 Å². The van der Waals surface area contributed by atoms with Gasteiger partial charge in [0.25, 0.3) is 5.91 Å². The average molecular weight is 385 g/mol. The van der Waals surface area contributed by atoms with Crippen molar-refractivity contribution in [3.8, 4) is 5.75 Å². The molecule has 8 nitrogen and oxygen atoms in total. The Morgan fingerprint density at radius 1 is 1.42 bits per heavy atom. The maximum absolute atomic E-state index is 13.1. The topological polar surface area (TPSA) is 108 Å². The van der Waals surface area contributed by atoms with Crippen molar-refractivity contribution >= 4 is 21.6 Å². The fraction of sp³-hybridized carbons (Fsp3) is 0.588. The van der Waals surface area contributed by atoms with Crippen LogP contribution in [0, 0.1) is 5.92 Å². The molecule has 1 heterocycles. The van der Waals surface area contributed by atoms with Crippen LogP contribution < -0.4 is 14.8 Å². The van der Waals surface area contributed by atoms with Crippen LogP contribution in [0.4, 0.5) is 5.69 Å². The number of fused-ring (bicyclic) bond motifs is 1. The number of nitrogens with zero attached hydrogens (tertiary/aromatic N) is 1. The van der Waals surface area contributed by atoms with Gasteiger partial charge < -0.3 is 20.1 Å². The zero-order chi connectivity index (χ0) is 19.5. The number of ether oxygens (including phenoxy) is 1. The summed E-state index contributed by atoms with van der Waals surface area (Å²) < 4.78 is 31.4. The standard InChI is InChI=1S/C17H27N3O5S/c1-11-9-20(12(2)10-21)17(22)14-7-13(19-26(4,23)24)5-6-15(14)25-16(11)8-18-3/h5-7,11-12,16,18-19,21H,8-10H2,1-4H3/t11-,12-,16+/m1/s1. The molecule has 0 unspecified atom stereocenters. The largest absolute Gasteiger partial charge is 0.488 e. The Bertz CT molecular complexity index is 753. The molecule has 1 aliphatic rings. The fourth-order valence-electron chi connectivity index (χ4n) is 2.94. The molecule has 9 heteroatoms. The van der Waals surface area contributed by atoms with Crippen molar-refractivity contribution in [3.63, 3.8) is 0 Å². The van der Waals surface area contributed by atoms with Gasteiger partial charge in [-0.25, -0.2) is 8.42 Å². The van der Waals surface area contributed by atoms with Crippen LogP contribution >= 0.6 is 0 Å². The second kappa shape index (κ2) is 8.24. The van der Waals surface area contributed by atoms with Gasteiger partial charge in [-0.15, -0.1) is 0 Å². The summed E-state index contributed by atoms with van der Waals surface area (Å²) in [6, 6.07) is 4.28. The SMILES string of the molecule is CNC[C@@H]1Oc2ccc(NS(C)(=O)=O)cc2C(=O)N([C@H](C)CO)C[C@H]1C. The summed E-state index contributed by atoms with van der Waals surface area (Å²) in [6.45, 7) is 4.64. The van der Waals surface area contributed by atoms with Crippen LogP contribution in [0.25, 0.3) is 0 Å². The highest BCUT2D eigenvalue weighted by atomic mass is 32.2. The molecule has 0 bridgehead atoms. The monoisotopic (exact) mass is 385 g/mol. The van der Waals surface area contributed by atoms with E-state index in [0.717, 1.165) is 6.26 Å². The van der Waals surface area contributed by atoms with Crippen LogP contribution in [0.15, 0.2) is 18.2 Å². The van der Waals surface area contributed by atoms with Crippen LogP contribution in [-0.2, 0) is 10.0 Å². The number of benzene rings is 1. The minimum absolute atomic E-state index is 0.0439. The average Bonchev–Trinajstić information content (AvgIpc) is 2.56. The minimum atomic E-state index is -3.47. The van der Waals surface area contributed by atoms with Gasteiger partial charge in [-0.05, 0) is 32.2 Å². The Kier molecular flexibility index (Phi) is 6.48. The summed E-state index contributed by atoms with van der Waals surface area (Å²) in [5.74, 6) is 0.145. The number of carbonyl (C=O) groups is 1. The van der Waals surface area contributed by atoms with Gasteiger partial charge in [-0.2, -0.15) is 0 Å². The number of aliphatic hydroxyl groups excluding tert-OH is 1. The number of hydrogen-bond donors (Lipinski definition) is 3. The number of anilines is 1. The second-order valence-electron chi connectivity index (χ2n) is 6.77. The molecule has 26 heavy (non-hydrogen) atoms. The minimum Gasteiger partial charge on any atom is -0.488 e. The van der Waals surface area contributed by atoms with Crippen LogP contribution in [0.1, 0.15) is 24.2 Å². The number of nitrogens with one attached hydrogen (secondary N) is 2. The highest BCUT2D eigenvalue weighted by Gasteiger charge is 2.32. The zero-order valence-electron chi connectivity index (χ0n) is 15.5. The van der Waals surface area contributed by atoms with Crippen molar-refractivity contribution in [1.29, 1.82) is 0 Å². The Morgan fingerprint density at radius 2 is 2.12 bits per heavy atom. The van der Waals surface area contributed by atoms with E-state index < -0.39 is 10.0 Å². The van der Waals surface area contributed by atoms with Crippen LogP contribution in [0.2, 0.25) is 0 Å². The summed E-state index contributed by atoms with van der Waals surface area (Å²) in [6.07, 6.45) is 0.876. The van der Waals surface area contributed by atoms with E-state index in [9.17, 15) is 18.3 Å². The van der Waals surface area contributed by atoms with E-state index in [1.54, 1.807) is 24.0 Å². The Hall–Kier alpha value is -1.84. The first kappa shape index (κ1) is 20.5. The zero-order valence-corrected chi connectivity index (χ0v) is 16.3. The lowest BCUT2D eigenvalue weighted by atomic mass is 9.99. The molecule has 1 amide bonds. The molecular formula is C17H27N3O5S. The first-order valence-corrected chi connectivity index (χ1v) is 10.4. The number of rotatable bonds is 6. The van der Waals surface area contributed by atoms with E-state index >= 15 is 0 Å². The summed E-state index contributed by atoms with van der Waals surface area (Å²) >= 11 is 0. The molecule has 0 radical (unpaired) electrons. The molecule has 0 fully saturated rings. The highest BCUT2D eigenvalue weighted by molar-refractivity contribution is 7.92. The smallest absolute Gasteiger partial charge is 0.258 e. The molecule has 0 saturated carbocycles. The van der Waals surface area contributed by atoms with Crippen molar-refractivity contribution in [2.45, 2.75) is 26.0 Å². The van der Waals surface area contributed by atoms with Gasteiger partial charge in [-0.3, -0.25) is 9.52 Å². The highest BCUT2D eigenvalue weighted by Crippen LogP contribution is 2.30. The van der Waals surface area contributed by atoms with E-state index in [0.29, 0.717) is 24.5 Å². The third-order valence-corrected chi connectivity index (χ3v) is 4.98. The molecule has 0 spiro atoms. The quantitative estimate of drug-likeness (QED) is 0.658. The summed E-state index contributed by atoms with van der Waals surface area (Å²) in [4.78, 5) is 14.7. The van der Waals surface area contributed by atoms with Crippen molar-refractivity contribution in [2.75, 3.05) is 37.7 Å². The van der Waals surface area contributed by atoms with Crippen molar-refractivity contribution in [3.05, 3.63) is 23.8 Å².